The predicted molar refractivity (Wildman–Crippen MR) is 127 cm³/mol. The summed E-state index contributed by atoms with van der Waals surface area (Å²) >= 11 is 0. The minimum absolute atomic E-state index is 0.150. The summed E-state index contributed by atoms with van der Waals surface area (Å²) in [7, 11) is 0. The Morgan fingerprint density at radius 2 is 1.76 bits per heavy atom. The Morgan fingerprint density at radius 3 is 2.52 bits per heavy atom. The molecule has 0 radical (unpaired) electrons. The molecule has 2 aromatic carbocycles. The van der Waals surface area contributed by atoms with Crippen molar-refractivity contribution < 1.29 is 4.79 Å². The maximum atomic E-state index is 13.1. The van der Waals surface area contributed by atoms with Crippen LogP contribution >= 0.6 is 0 Å². The summed E-state index contributed by atoms with van der Waals surface area (Å²) in [4.78, 5) is 26.2. The number of amides is 1. The fraction of sp³-hybridized carbons (Fsp3) is 0.200. The zero-order chi connectivity index (χ0) is 22.2. The molecule has 8 heteroatoms. The van der Waals surface area contributed by atoms with Gasteiger partial charge in [0.15, 0.2) is 0 Å². The summed E-state index contributed by atoms with van der Waals surface area (Å²) in [6.45, 7) is 0.675. The summed E-state index contributed by atoms with van der Waals surface area (Å²) in [5.74, 6) is -0.0957. The van der Waals surface area contributed by atoms with Crippen molar-refractivity contribution in [2.24, 2.45) is 0 Å². The van der Waals surface area contributed by atoms with Gasteiger partial charge in [0.1, 0.15) is 0 Å². The lowest BCUT2D eigenvalue weighted by Crippen LogP contribution is -2.36. The van der Waals surface area contributed by atoms with Gasteiger partial charge in [0.2, 0.25) is 5.82 Å². The Bertz CT molecular complexity index is 1420. The molecular weight excluding hydrogens is 414 g/mol. The van der Waals surface area contributed by atoms with E-state index in [2.05, 4.69) is 35.8 Å². The van der Waals surface area contributed by atoms with E-state index in [1.807, 2.05) is 54.6 Å². The number of hydrogen-bond acceptors (Lipinski definition) is 5. The van der Waals surface area contributed by atoms with Crippen LogP contribution in [0.3, 0.4) is 0 Å². The van der Waals surface area contributed by atoms with Crippen LogP contribution in [-0.4, -0.2) is 43.6 Å². The van der Waals surface area contributed by atoms with Gasteiger partial charge in [-0.15, -0.1) is 0 Å². The van der Waals surface area contributed by atoms with Crippen LogP contribution in [0.2, 0.25) is 0 Å². The van der Waals surface area contributed by atoms with Gasteiger partial charge in [-0.05, 0) is 42.7 Å². The molecule has 1 saturated carbocycles. The Kier molecular flexibility index (Phi) is 4.84. The number of H-pyrrole nitrogens is 2. The van der Waals surface area contributed by atoms with Gasteiger partial charge >= 0.3 is 0 Å². The number of fused-ring (bicyclic) bond motifs is 2. The van der Waals surface area contributed by atoms with Crippen LogP contribution < -0.4 is 10.6 Å². The van der Waals surface area contributed by atoms with Crippen LogP contribution in [-0.2, 0) is 0 Å². The van der Waals surface area contributed by atoms with Crippen LogP contribution in [0.5, 0.6) is 0 Å². The van der Waals surface area contributed by atoms with E-state index in [-0.39, 0.29) is 17.8 Å². The van der Waals surface area contributed by atoms with E-state index < -0.39 is 0 Å². The number of imidazole rings is 1. The normalized spacial score (nSPS) is 14.5. The van der Waals surface area contributed by atoms with Gasteiger partial charge in [-0.1, -0.05) is 30.3 Å². The van der Waals surface area contributed by atoms with E-state index in [4.69, 9.17) is 0 Å². The number of hydrogen-bond donors (Lipinski definition) is 4. The Morgan fingerprint density at radius 1 is 1.00 bits per heavy atom. The van der Waals surface area contributed by atoms with Gasteiger partial charge in [0, 0.05) is 35.9 Å². The summed E-state index contributed by atoms with van der Waals surface area (Å²) in [6.07, 6.45) is 5.90. The molecule has 8 nitrogen and oxygen atoms in total. The first-order valence-electron chi connectivity index (χ1n) is 11.1. The van der Waals surface area contributed by atoms with Gasteiger partial charge in [0.05, 0.1) is 28.3 Å². The second-order valence-corrected chi connectivity index (χ2v) is 8.41. The molecule has 0 saturated heterocycles. The third-order valence-corrected chi connectivity index (χ3v) is 6.03. The topological polar surface area (TPSA) is 111 Å². The van der Waals surface area contributed by atoms with Gasteiger partial charge in [-0.2, -0.15) is 0 Å². The molecule has 1 unspecified atom stereocenters. The third kappa shape index (κ3) is 3.96. The van der Waals surface area contributed by atoms with E-state index in [9.17, 15) is 4.79 Å². The molecule has 1 fully saturated rings. The van der Waals surface area contributed by atoms with Crippen LogP contribution in [0, 0.1) is 0 Å². The Hall–Kier alpha value is -4.04. The standard InChI is InChI=1S/C25H23N7O/c33-25(30-22(14-27-17-6-7-17)15-4-2-1-3-5-15)24-28-20-12-18-19(13-21(20)29-24)31-32-23(18)16-8-10-26-11-9-16/h1-5,8-13,17,22,27,31-32H,6-7,14H2,(H,30,33). The molecule has 0 spiro atoms. The number of aromatic nitrogens is 5. The minimum Gasteiger partial charge on any atom is -0.341 e. The molecule has 1 aliphatic carbocycles. The summed E-state index contributed by atoms with van der Waals surface area (Å²) in [5.41, 5.74) is 5.28. The third-order valence-electron chi connectivity index (χ3n) is 6.03. The lowest BCUT2D eigenvalue weighted by atomic mass is 10.1. The van der Waals surface area contributed by atoms with Gasteiger partial charge in [-0.25, -0.2) is 9.97 Å². The second-order valence-electron chi connectivity index (χ2n) is 8.41. The van der Waals surface area contributed by atoms with E-state index in [0.29, 0.717) is 23.6 Å². The number of aromatic amines is 2. The molecular formula is C25H23N7O. The van der Waals surface area contributed by atoms with E-state index in [1.165, 1.54) is 12.8 Å². The predicted octanol–water partition coefficient (Wildman–Crippen LogP) is 3.72. The van der Waals surface area contributed by atoms with Gasteiger partial charge in [0.25, 0.3) is 5.91 Å². The first kappa shape index (κ1) is 19.6. The molecule has 5 aromatic rings. The zero-order valence-electron chi connectivity index (χ0n) is 17.9. The molecule has 1 amide bonds. The average molecular weight is 438 g/mol. The van der Waals surface area contributed by atoms with Gasteiger partial charge in [-0.3, -0.25) is 14.9 Å². The largest absolute Gasteiger partial charge is 0.341 e. The van der Waals surface area contributed by atoms with Crippen molar-refractivity contribution in [3.05, 3.63) is 78.4 Å². The van der Waals surface area contributed by atoms with E-state index in [0.717, 1.165) is 27.7 Å². The van der Waals surface area contributed by atoms with Crippen LogP contribution in [0.25, 0.3) is 33.2 Å². The molecule has 3 aromatic heterocycles. The van der Waals surface area contributed by atoms with Crippen molar-refractivity contribution in [1.82, 2.24) is 35.8 Å². The van der Waals surface area contributed by atoms with Gasteiger partial charge < -0.3 is 15.7 Å². The van der Waals surface area contributed by atoms with Crippen LogP contribution in [0.1, 0.15) is 35.1 Å². The SMILES string of the molecule is O=C(NC(CNC1CC1)c1ccccc1)c1nc2cc3[nH][nH]c(-c4ccncc4)c3cc2n1. The number of carbonyl (C=O) groups excluding carboxylic acids is 1. The molecule has 1 aliphatic rings. The Labute approximate surface area is 189 Å². The maximum Gasteiger partial charge on any atom is 0.289 e. The van der Waals surface area contributed by atoms with Crippen molar-refractivity contribution >= 4 is 27.8 Å². The molecule has 3 heterocycles. The van der Waals surface area contributed by atoms with E-state index >= 15 is 0 Å². The summed E-state index contributed by atoms with van der Waals surface area (Å²) < 4.78 is 0. The lowest BCUT2D eigenvalue weighted by molar-refractivity contribution is 0.0926. The number of rotatable bonds is 7. The molecule has 1 atom stereocenters. The first-order chi connectivity index (χ1) is 16.2. The molecule has 4 N–H and O–H groups in total. The molecule has 0 bridgehead atoms. The highest BCUT2D eigenvalue weighted by Crippen LogP contribution is 2.29. The fourth-order valence-corrected chi connectivity index (χ4v) is 4.10. The highest BCUT2D eigenvalue weighted by atomic mass is 16.2. The second kappa shape index (κ2) is 8.14. The van der Waals surface area contributed by atoms with Crippen molar-refractivity contribution in [2.75, 3.05) is 6.54 Å². The minimum atomic E-state index is -0.276. The summed E-state index contributed by atoms with van der Waals surface area (Å²) in [5, 5.41) is 14.0. The van der Waals surface area contributed by atoms with Crippen molar-refractivity contribution in [3.63, 3.8) is 0 Å². The van der Waals surface area contributed by atoms with Crippen LogP contribution in [0.15, 0.2) is 67.0 Å². The molecule has 0 aliphatic heterocycles. The van der Waals surface area contributed by atoms with Crippen molar-refractivity contribution in [1.29, 1.82) is 0 Å². The lowest BCUT2D eigenvalue weighted by Gasteiger charge is -2.19. The fourth-order valence-electron chi connectivity index (χ4n) is 4.10. The number of nitrogens with zero attached hydrogens (tertiary/aromatic N) is 3. The monoisotopic (exact) mass is 437 g/mol. The number of nitrogens with one attached hydrogen (secondary N) is 4. The molecule has 164 valence electrons. The highest BCUT2D eigenvalue weighted by Gasteiger charge is 2.24. The summed E-state index contributed by atoms with van der Waals surface area (Å²) in [6, 6.07) is 18.2. The molecule has 6 rings (SSSR count). The quantitative estimate of drug-likeness (QED) is 0.310. The Balaban J connectivity index is 1.29. The number of pyridine rings is 1. The zero-order valence-corrected chi connectivity index (χ0v) is 17.9. The number of benzene rings is 2. The number of carbonyl (C=O) groups is 1. The smallest absolute Gasteiger partial charge is 0.289 e. The van der Waals surface area contributed by atoms with Crippen molar-refractivity contribution in [2.45, 2.75) is 24.9 Å². The highest BCUT2D eigenvalue weighted by molar-refractivity contribution is 6.02. The average Bonchev–Trinajstić information content (AvgIpc) is 3.45. The molecule has 33 heavy (non-hydrogen) atoms. The van der Waals surface area contributed by atoms with Crippen LogP contribution in [0.4, 0.5) is 0 Å². The van der Waals surface area contributed by atoms with Crippen molar-refractivity contribution in [3.8, 4) is 11.3 Å². The van der Waals surface area contributed by atoms with E-state index in [1.54, 1.807) is 12.4 Å². The maximum absolute atomic E-state index is 13.1. The first-order valence-corrected chi connectivity index (χ1v) is 11.1.